The van der Waals surface area contributed by atoms with Gasteiger partial charge in [-0.2, -0.15) is 0 Å². The Morgan fingerprint density at radius 1 is 1.25 bits per heavy atom. The first-order valence-corrected chi connectivity index (χ1v) is 6.13. The molecule has 0 aliphatic carbocycles. The molecular weight excluding hydrogens is 286 g/mol. The number of amides is 1. The van der Waals surface area contributed by atoms with Crippen LogP contribution in [0.2, 0.25) is 5.02 Å². The molecule has 0 fully saturated rings. The molecule has 0 unspecified atom stereocenters. The molecule has 0 saturated carbocycles. The highest BCUT2D eigenvalue weighted by molar-refractivity contribution is 6.31. The molecule has 1 amide bonds. The van der Waals surface area contributed by atoms with Gasteiger partial charge in [-0.05, 0) is 17.7 Å². The van der Waals surface area contributed by atoms with Crippen molar-refractivity contribution in [1.82, 2.24) is 0 Å². The molecule has 0 saturated heterocycles. The summed E-state index contributed by atoms with van der Waals surface area (Å²) >= 11 is 5.93. The van der Waals surface area contributed by atoms with E-state index in [0.717, 1.165) is 6.07 Å². The van der Waals surface area contributed by atoms with E-state index in [1.807, 2.05) is 0 Å². The van der Waals surface area contributed by atoms with Crippen molar-refractivity contribution in [1.29, 1.82) is 0 Å². The van der Waals surface area contributed by atoms with Crippen LogP contribution >= 0.6 is 11.6 Å². The minimum absolute atomic E-state index is 0.0318. The smallest absolute Gasteiger partial charge is 0.228 e. The monoisotopic (exact) mass is 296 g/mol. The zero-order valence-electron chi connectivity index (χ0n) is 10.3. The summed E-state index contributed by atoms with van der Waals surface area (Å²) in [6.07, 6.45) is -0.0318. The predicted molar refractivity (Wildman–Crippen MR) is 74.6 cm³/mol. The molecule has 6 heteroatoms. The third kappa shape index (κ3) is 3.24. The van der Waals surface area contributed by atoms with Gasteiger partial charge in [0.2, 0.25) is 5.91 Å². The maximum atomic E-state index is 13.5. The minimum atomic E-state index is -0.921. The van der Waals surface area contributed by atoms with Crippen LogP contribution < -0.4 is 11.1 Å². The first-order valence-electron chi connectivity index (χ1n) is 5.75. The molecule has 0 aliphatic heterocycles. The number of carbonyl (C=O) groups excluding carboxylic acids is 1. The standard InChI is InChI=1S/C14H11ClF2N2O/c15-10-4-2-1-3-8(10)5-13(20)19-14-11(17)6-9(16)7-12(14)18/h1-4,6-7H,5,18H2,(H,19,20). The van der Waals surface area contributed by atoms with E-state index >= 15 is 0 Å². The van der Waals surface area contributed by atoms with E-state index in [2.05, 4.69) is 5.32 Å². The third-order valence-electron chi connectivity index (χ3n) is 2.66. The van der Waals surface area contributed by atoms with Gasteiger partial charge < -0.3 is 11.1 Å². The third-order valence-corrected chi connectivity index (χ3v) is 3.03. The number of nitrogen functional groups attached to an aromatic ring is 1. The Balaban J connectivity index is 2.15. The highest BCUT2D eigenvalue weighted by Gasteiger charge is 2.13. The number of carbonyl (C=O) groups is 1. The number of anilines is 2. The zero-order valence-corrected chi connectivity index (χ0v) is 11.0. The average Bonchev–Trinajstić information content (AvgIpc) is 2.36. The molecule has 0 heterocycles. The van der Waals surface area contributed by atoms with E-state index in [1.54, 1.807) is 24.3 Å². The van der Waals surface area contributed by atoms with E-state index in [0.29, 0.717) is 16.7 Å². The van der Waals surface area contributed by atoms with Crippen LogP contribution in [0.1, 0.15) is 5.56 Å². The number of nitrogens with two attached hydrogens (primary N) is 1. The summed E-state index contributed by atoms with van der Waals surface area (Å²) in [6.45, 7) is 0. The largest absolute Gasteiger partial charge is 0.397 e. The fourth-order valence-electron chi connectivity index (χ4n) is 1.72. The van der Waals surface area contributed by atoms with Gasteiger partial charge in [0.05, 0.1) is 12.1 Å². The molecule has 2 aromatic rings. The molecule has 3 nitrogen and oxygen atoms in total. The number of nitrogens with one attached hydrogen (secondary N) is 1. The summed E-state index contributed by atoms with van der Waals surface area (Å²) in [4.78, 5) is 11.8. The fraction of sp³-hybridized carbons (Fsp3) is 0.0714. The van der Waals surface area contributed by atoms with Gasteiger partial charge in [0, 0.05) is 11.1 Å². The molecule has 0 spiro atoms. The van der Waals surface area contributed by atoms with Gasteiger partial charge in [0.1, 0.15) is 11.5 Å². The molecule has 0 aliphatic rings. The lowest BCUT2D eigenvalue weighted by atomic mass is 10.1. The highest BCUT2D eigenvalue weighted by Crippen LogP contribution is 2.24. The van der Waals surface area contributed by atoms with Crippen LogP contribution in [0.5, 0.6) is 0 Å². The summed E-state index contributed by atoms with van der Waals surface area (Å²) in [7, 11) is 0. The van der Waals surface area contributed by atoms with Gasteiger partial charge >= 0.3 is 0 Å². The van der Waals surface area contributed by atoms with E-state index in [9.17, 15) is 13.6 Å². The molecule has 3 N–H and O–H groups in total. The van der Waals surface area contributed by atoms with E-state index < -0.39 is 17.5 Å². The first-order chi connectivity index (χ1) is 9.47. The van der Waals surface area contributed by atoms with Crippen molar-refractivity contribution in [2.24, 2.45) is 0 Å². The second-order valence-corrected chi connectivity index (χ2v) is 4.58. The molecule has 0 atom stereocenters. The van der Waals surface area contributed by atoms with Crippen molar-refractivity contribution >= 4 is 28.9 Å². The van der Waals surface area contributed by atoms with Crippen molar-refractivity contribution < 1.29 is 13.6 Å². The van der Waals surface area contributed by atoms with E-state index in [1.165, 1.54) is 0 Å². The normalized spacial score (nSPS) is 10.3. The van der Waals surface area contributed by atoms with Crippen molar-refractivity contribution in [2.75, 3.05) is 11.1 Å². The molecule has 2 rings (SSSR count). The second kappa shape index (κ2) is 5.88. The quantitative estimate of drug-likeness (QED) is 0.853. The Morgan fingerprint density at radius 2 is 1.95 bits per heavy atom. The van der Waals surface area contributed by atoms with Crippen LogP contribution in [0.25, 0.3) is 0 Å². The SMILES string of the molecule is Nc1cc(F)cc(F)c1NC(=O)Cc1ccccc1Cl. The van der Waals surface area contributed by atoms with Crippen LogP contribution in [0, 0.1) is 11.6 Å². The number of halogens is 3. The maximum absolute atomic E-state index is 13.5. The van der Waals surface area contributed by atoms with Crippen LogP contribution in [-0.4, -0.2) is 5.91 Å². The number of hydrogen-bond donors (Lipinski definition) is 2. The first kappa shape index (κ1) is 14.3. The molecule has 104 valence electrons. The zero-order chi connectivity index (χ0) is 14.7. The van der Waals surface area contributed by atoms with Gasteiger partial charge in [-0.3, -0.25) is 4.79 Å². The number of benzene rings is 2. The lowest BCUT2D eigenvalue weighted by molar-refractivity contribution is -0.115. The highest BCUT2D eigenvalue weighted by atomic mass is 35.5. The van der Waals surface area contributed by atoms with Gasteiger partial charge in [0.25, 0.3) is 0 Å². The van der Waals surface area contributed by atoms with Crippen molar-refractivity contribution in [2.45, 2.75) is 6.42 Å². The minimum Gasteiger partial charge on any atom is -0.397 e. The van der Waals surface area contributed by atoms with Gasteiger partial charge in [-0.15, -0.1) is 0 Å². The summed E-state index contributed by atoms with van der Waals surface area (Å²) < 4.78 is 26.4. The van der Waals surface area contributed by atoms with E-state index in [4.69, 9.17) is 17.3 Å². The lowest BCUT2D eigenvalue weighted by Crippen LogP contribution is -2.17. The van der Waals surface area contributed by atoms with Crippen LogP contribution in [-0.2, 0) is 11.2 Å². The number of hydrogen-bond acceptors (Lipinski definition) is 2. The van der Waals surface area contributed by atoms with Crippen LogP contribution in [0.4, 0.5) is 20.2 Å². The molecular formula is C14H11ClF2N2O. The summed E-state index contributed by atoms with van der Waals surface area (Å²) in [5.74, 6) is -2.21. The van der Waals surface area contributed by atoms with Gasteiger partial charge in [-0.1, -0.05) is 29.8 Å². The Hall–Kier alpha value is -2.14. The Kier molecular flexibility index (Phi) is 4.20. The van der Waals surface area contributed by atoms with E-state index in [-0.39, 0.29) is 17.8 Å². The molecule has 0 radical (unpaired) electrons. The Bertz CT molecular complexity index is 638. The molecule has 2 aromatic carbocycles. The molecule has 0 bridgehead atoms. The topological polar surface area (TPSA) is 55.1 Å². The van der Waals surface area contributed by atoms with Gasteiger partial charge in [-0.25, -0.2) is 8.78 Å². The van der Waals surface area contributed by atoms with Crippen molar-refractivity contribution in [3.05, 3.63) is 58.6 Å². The lowest BCUT2D eigenvalue weighted by Gasteiger charge is -2.10. The molecule has 20 heavy (non-hydrogen) atoms. The number of rotatable bonds is 3. The predicted octanol–water partition coefficient (Wildman–Crippen LogP) is 3.38. The molecule has 0 aromatic heterocycles. The van der Waals surface area contributed by atoms with Crippen molar-refractivity contribution in [3.8, 4) is 0 Å². The summed E-state index contributed by atoms with van der Waals surface area (Å²) in [5, 5.41) is 2.76. The second-order valence-electron chi connectivity index (χ2n) is 4.17. The van der Waals surface area contributed by atoms with Gasteiger partial charge in [0.15, 0.2) is 5.82 Å². The Labute approximate surface area is 119 Å². The van der Waals surface area contributed by atoms with Crippen molar-refractivity contribution in [3.63, 3.8) is 0 Å². The summed E-state index contributed by atoms with van der Waals surface area (Å²) in [6, 6.07) is 8.40. The Morgan fingerprint density at radius 3 is 2.60 bits per heavy atom. The fourth-order valence-corrected chi connectivity index (χ4v) is 1.93. The maximum Gasteiger partial charge on any atom is 0.228 e. The average molecular weight is 297 g/mol. The van der Waals surface area contributed by atoms with Crippen LogP contribution in [0.15, 0.2) is 36.4 Å². The van der Waals surface area contributed by atoms with Crippen LogP contribution in [0.3, 0.4) is 0 Å². The summed E-state index contributed by atoms with van der Waals surface area (Å²) in [5.41, 5.74) is 5.67.